The number of carbonyl (C=O) groups is 12. The summed E-state index contributed by atoms with van der Waals surface area (Å²) in [5, 5.41) is 29.0. The number of nitrogens with zero attached hydrogens (tertiary/aromatic N) is 2. The van der Waals surface area contributed by atoms with Gasteiger partial charge in [-0.3, -0.25) is 62.5 Å². The molecular weight excluding hydrogens is 989 g/mol. The van der Waals surface area contributed by atoms with Gasteiger partial charge in [-0.2, -0.15) is 0 Å². The summed E-state index contributed by atoms with van der Waals surface area (Å²) in [6.45, 7) is 1.50. The van der Waals surface area contributed by atoms with Crippen LogP contribution < -0.4 is 70.2 Å². The van der Waals surface area contributed by atoms with Crippen LogP contribution in [0.4, 0.5) is 0 Å². The number of carboxylic acid groups (broad SMARTS) is 1. The van der Waals surface area contributed by atoms with Crippen LogP contribution in [0, 0.1) is 0 Å². The smallest absolute Gasteiger partial charge is 0.305 e. The lowest BCUT2D eigenvalue weighted by Gasteiger charge is -2.30. The summed E-state index contributed by atoms with van der Waals surface area (Å²) in [4.78, 5) is 164. The predicted molar refractivity (Wildman–Crippen MR) is 259 cm³/mol. The van der Waals surface area contributed by atoms with E-state index in [1.165, 1.54) is 14.0 Å². The summed E-state index contributed by atoms with van der Waals surface area (Å²) >= 11 is 0. The number of nitrogens with two attached hydrogens (primary N) is 4. The average Bonchev–Trinajstić information content (AvgIpc) is 3.81. The number of methoxy groups -OCH3 is 1. The van der Waals surface area contributed by atoms with Gasteiger partial charge < -0.3 is 80.2 Å². The second-order valence-corrected chi connectivity index (χ2v) is 19.0. The van der Waals surface area contributed by atoms with E-state index < -0.39 is 139 Å². The van der Waals surface area contributed by atoms with Gasteiger partial charge in [0, 0.05) is 37.9 Å². The molecule has 0 spiro atoms. The lowest BCUT2D eigenvalue weighted by molar-refractivity contribution is -0.143. The van der Waals surface area contributed by atoms with Crippen molar-refractivity contribution in [1.82, 2.24) is 47.4 Å². The summed E-state index contributed by atoms with van der Waals surface area (Å²) in [5.41, 5.74) is 22.4. The number of rotatable bonds is 13. The molecule has 2 aliphatic rings. The molecule has 28 nitrogen and oxygen atoms in total. The number of carboxylic acids is 1. The zero-order chi connectivity index (χ0) is 53.7. The van der Waals surface area contributed by atoms with E-state index in [9.17, 15) is 62.6 Å². The van der Waals surface area contributed by atoms with Crippen LogP contribution in [0.2, 0.25) is 0 Å². The van der Waals surface area contributed by atoms with Crippen LogP contribution in [-0.4, -0.2) is 173 Å². The Labute approximate surface area is 420 Å². The number of hydrogen-bond acceptors (Lipinski definition) is 16. The summed E-state index contributed by atoms with van der Waals surface area (Å²) < 4.78 is 5.19. The highest BCUT2D eigenvalue weighted by atomic mass is 33.1. The molecule has 0 bridgehead atoms. The van der Waals surface area contributed by atoms with Crippen LogP contribution in [0.1, 0.15) is 57.9 Å². The highest BCUT2D eigenvalue weighted by Gasteiger charge is 2.40. The van der Waals surface area contributed by atoms with Crippen LogP contribution in [0.25, 0.3) is 0 Å². The third-order valence-electron chi connectivity index (χ3n) is 10.8. The van der Waals surface area contributed by atoms with Crippen molar-refractivity contribution in [3.63, 3.8) is 0 Å². The number of carbonyl (C=O) groups excluding carboxylic acids is 11. The van der Waals surface area contributed by atoms with Crippen LogP contribution in [0.5, 0.6) is 5.75 Å². The van der Waals surface area contributed by atoms with E-state index in [-0.39, 0.29) is 62.7 Å². The van der Waals surface area contributed by atoms with Gasteiger partial charge in [-0.1, -0.05) is 33.7 Å². The van der Waals surface area contributed by atoms with Gasteiger partial charge in [-0.05, 0) is 50.3 Å². The van der Waals surface area contributed by atoms with Gasteiger partial charge in [0.15, 0.2) is 5.96 Å². The van der Waals surface area contributed by atoms with E-state index in [0.29, 0.717) is 11.3 Å². The van der Waals surface area contributed by atoms with Gasteiger partial charge in [-0.15, -0.1) is 0 Å². The van der Waals surface area contributed by atoms with E-state index in [2.05, 4.69) is 47.5 Å². The second-order valence-electron chi connectivity index (χ2n) is 16.5. The maximum atomic E-state index is 14.1. The Kier molecular flexibility index (Phi) is 23.8. The van der Waals surface area contributed by atoms with Gasteiger partial charge in [0.05, 0.1) is 26.5 Å². The maximum Gasteiger partial charge on any atom is 0.305 e. The van der Waals surface area contributed by atoms with Crippen molar-refractivity contribution in [2.75, 3.05) is 38.2 Å². The molecule has 0 aromatic heterocycles. The highest BCUT2D eigenvalue weighted by molar-refractivity contribution is 8.76. The zero-order valence-corrected chi connectivity index (χ0v) is 41.3. The Balaban J connectivity index is 2.04. The van der Waals surface area contributed by atoms with Gasteiger partial charge in [0.1, 0.15) is 54.1 Å². The molecule has 396 valence electrons. The SMILES string of the molecule is COc1ccc(C[C@@H]2NC(=O)[C@H](CC(=O)O)NC(=O)CNC(=O)[C@H](CCCN=C(N)N)NC(=O)[C@@H]3CCCN3C(=O)[C@H](CC(N)=O)NC(=O)[C@@H](NC(C)=O)CSSC[C@@H](C(N)=O)NC(=O)[C@H](C)NC2=O)cc1. The number of hydrogen-bond donors (Lipinski definition) is 13. The number of nitrogens with one attached hydrogen (secondary N) is 8. The Morgan fingerprint density at radius 2 is 1.42 bits per heavy atom. The normalized spacial score (nSPS) is 24.8. The molecule has 2 heterocycles. The molecule has 3 rings (SSSR count). The first-order valence-corrected chi connectivity index (χ1v) is 24.9. The standard InChI is InChI=1S/C42H62N14O14S2/c1-20-35(63)55-28(34(44)62)18-71-72-19-29(50-21(2)57)39(67)54-27(15-31(43)58)41(69)56-13-5-7-30(56)40(68)52-24(6-4-12-47-42(45)46)36(64)48-17-32(59)51-26(16-33(60)61)38(66)53-25(37(65)49-20)14-22-8-10-23(70-3)11-9-22/h8-11,20,24-30H,4-7,12-19H2,1-3H3,(H2,43,58)(H2,44,62)(H,48,64)(H,49,65)(H,50,57)(H,51,59)(H,52,68)(H,53,66)(H,54,67)(H,55,63)(H,60,61)(H4,45,46,47)/t20-,24-,25-,26-,27-,28-,29-,30-/m0/s1. The average molecular weight is 1050 g/mol. The number of aliphatic imine (C=N–C) groups is 1. The molecule has 2 aliphatic heterocycles. The van der Waals surface area contributed by atoms with E-state index in [0.717, 1.165) is 33.4 Å². The Morgan fingerprint density at radius 1 is 0.778 bits per heavy atom. The van der Waals surface area contributed by atoms with Crippen molar-refractivity contribution in [3.05, 3.63) is 29.8 Å². The van der Waals surface area contributed by atoms with Crippen molar-refractivity contribution in [1.29, 1.82) is 0 Å². The van der Waals surface area contributed by atoms with Crippen LogP contribution in [0.3, 0.4) is 0 Å². The molecule has 1 aromatic rings. The summed E-state index contributed by atoms with van der Waals surface area (Å²) in [6, 6.07) is -5.43. The van der Waals surface area contributed by atoms with Crippen molar-refractivity contribution < 1.29 is 67.4 Å². The summed E-state index contributed by atoms with van der Waals surface area (Å²) in [6.07, 6.45) is -1.62. The van der Waals surface area contributed by atoms with E-state index in [1.807, 2.05) is 0 Å². The Bertz CT molecular complexity index is 2220. The van der Waals surface area contributed by atoms with Crippen molar-refractivity contribution in [2.24, 2.45) is 27.9 Å². The molecule has 2 saturated heterocycles. The number of amides is 11. The lowest BCUT2D eigenvalue weighted by Crippen LogP contribution is -2.59. The number of ether oxygens (including phenoxy) is 1. The molecule has 8 atom stereocenters. The Hall–Kier alpha value is -7.37. The molecule has 1 aromatic carbocycles. The number of benzene rings is 1. The summed E-state index contributed by atoms with van der Waals surface area (Å²) in [5.74, 6) is -12.0. The zero-order valence-electron chi connectivity index (χ0n) is 39.7. The van der Waals surface area contributed by atoms with Gasteiger partial charge in [0.2, 0.25) is 65.0 Å². The first kappa shape index (κ1) is 58.9. The molecule has 72 heavy (non-hydrogen) atoms. The van der Waals surface area contributed by atoms with Crippen molar-refractivity contribution in [2.45, 2.75) is 107 Å². The van der Waals surface area contributed by atoms with Gasteiger partial charge in [0.25, 0.3) is 0 Å². The van der Waals surface area contributed by atoms with Crippen molar-refractivity contribution in [3.8, 4) is 5.75 Å². The van der Waals surface area contributed by atoms with Crippen LogP contribution in [-0.2, 0) is 64.0 Å². The number of primary amides is 2. The lowest BCUT2D eigenvalue weighted by atomic mass is 10.0. The van der Waals surface area contributed by atoms with Crippen molar-refractivity contribution >= 4 is 98.5 Å². The molecule has 0 saturated carbocycles. The molecular formula is C42H62N14O14S2. The number of aliphatic carboxylic acids is 1. The minimum atomic E-state index is -1.83. The van der Waals surface area contributed by atoms with E-state index in [1.54, 1.807) is 24.3 Å². The van der Waals surface area contributed by atoms with E-state index in [4.69, 9.17) is 27.7 Å². The fourth-order valence-electron chi connectivity index (χ4n) is 7.15. The topological polar surface area (TPSA) is 450 Å². The monoisotopic (exact) mass is 1050 g/mol. The number of fused-ring (bicyclic) bond motifs is 1. The largest absolute Gasteiger partial charge is 0.497 e. The first-order chi connectivity index (χ1) is 34.0. The first-order valence-electron chi connectivity index (χ1n) is 22.4. The van der Waals surface area contributed by atoms with E-state index >= 15 is 0 Å². The molecule has 11 amide bonds. The third-order valence-corrected chi connectivity index (χ3v) is 13.2. The fourth-order valence-corrected chi connectivity index (χ4v) is 9.49. The molecule has 2 fully saturated rings. The highest BCUT2D eigenvalue weighted by Crippen LogP contribution is 2.24. The third kappa shape index (κ3) is 19.8. The van der Waals surface area contributed by atoms with Crippen LogP contribution >= 0.6 is 21.6 Å². The minimum Gasteiger partial charge on any atom is -0.497 e. The summed E-state index contributed by atoms with van der Waals surface area (Å²) in [7, 11) is 3.33. The molecule has 0 radical (unpaired) electrons. The quantitative estimate of drug-likeness (QED) is 0.0379. The molecule has 0 unspecified atom stereocenters. The van der Waals surface area contributed by atoms with Crippen LogP contribution in [0.15, 0.2) is 29.3 Å². The predicted octanol–water partition coefficient (Wildman–Crippen LogP) is -5.94. The molecule has 0 aliphatic carbocycles. The molecule has 30 heteroatoms. The Morgan fingerprint density at radius 3 is 2.03 bits per heavy atom. The second kappa shape index (κ2) is 29.1. The van der Waals surface area contributed by atoms with Gasteiger partial charge >= 0.3 is 5.97 Å². The fraction of sp³-hybridized carbons (Fsp3) is 0.548. The van der Waals surface area contributed by atoms with Gasteiger partial charge in [-0.25, -0.2) is 0 Å². The maximum absolute atomic E-state index is 14.1. The number of guanidine groups is 1. The molecule has 17 N–H and O–H groups in total. The minimum absolute atomic E-state index is 0.00510.